The summed E-state index contributed by atoms with van der Waals surface area (Å²) in [6.45, 7) is 1.08. The molecule has 0 bridgehead atoms. The fourth-order valence-electron chi connectivity index (χ4n) is 2.05. The fraction of sp³-hybridized carbons (Fsp3) is 0.231. The minimum atomic E-state index is -0.310. The first-order valence-corrected chi connectivity index (χ1v) is 6.63. The van der Waals surface area contributed by atoms with Gasteiger partial charge >= 0.3 is 0 Å². The number of fused-ring (bicyclic) bond motifs is 1. The van der Waals surface area contributed by atoms with Crippen LogP contribution in [0, 0.1) is 5.82 Å². The maximum Gasteiger partial charge on any atom is 0.162 e. The molecule has 0 atom stereocenters. The molecule has 1 aliphatic heterocycles. The number of aromatic nitrogens is 2. The highest BCUT2D eigenvalue weighted by molar-refractivity contribution is 9.10. The van der Waals surface area contributed by atoms with E-state index in [4.69, 9.17) is 10.5 Å². The van der Waals surface area contributed by atoms with Crippen LogP contribution in [0.1, 0.15) is 11.3 Å². The summed E-state index contributed by atoms with van der Waals surface area (Å²) in [7, 11) is 0. The van der Waals surface area contributed by atoms with Gasteiger partial charge in [-0.25, -0.2) is 14.4 Å². The van der Waals surface area contributed by atoms with Gasteiger partial charge in [-0.05, 0) is 34.1 Å². The van der Waals surface area contributed by atoms with Crippen LogP contribution in [0.4, 0.5) is 10.2 Å². The molecule has 0 fully saturated rings. The minimum absolute atomic E-state index is 0.310. The van der Waals surface area contributed by atoms with Crippen LogP contribution in [0.25, 0.3) is 11.4 Å². The van der Waals surface area contributed by atoms with Crippen LogP contribution in [0.3, 0.4) is 0 Å². The second-order valence-electron chi connectivity index (χ2n) is 4.28. The SMILES string of the molecule is Nc1nc(-c2ccc(F)cc2Br)nc2c1COCC2. The summed E-state index contributed by atoms with van der Waals surface area (Å²) in [5, 5.41) is 0. The molecule has 2 aromatic rings. The number of halogens is 2. The van der Waals surface area contributed by atoms with Gasteiger partial charge in [-0.15, -0.1) is 0 Å². The molecule has 98 valence electrons. The molecule has 0 aliphatic carbocycles. The molecule has 0 radical (unpaired) electrons. The van der Waals surface area contributed by atoms with Crippen LogP contribution >= 0.6 is 15.9 Å². The number of nitrogens with two attached hydrogens (primary N) is 1. The average molecular weight is 324 g/mol. The summed E-state index contributed by atoms with van der Waals surface area (Å²) in [5.74, 6) is 0.621. The number of nitrogen functional groups attached to an aromatic ring is 1. The van der Waals surface area contributed by atoms with Gasteiger partial charge in [0.15, 0.2) is 5.82 Å². The lowest BCUT2D eigenvalue weighted by molar-refractivity contribution is 0.109. The van der Waals surface area contributed by atoms with Crippen LogP contribution in [-0.4, -0.2) is 16.6 Å². The smallest absolute Gasteiger partial charge is 0.162 e. The van der Waals surface area contributed by atoms with Gasteiger partial charge in [-0.3, -0.25) is 0 Å². The van der Waals surface area contributed by atoms with Crippen molar-refractivity contribution < 1.29 is 9.13 Å². The molecule has 1 aliphatic rings. The summed E-state index contributed by atoms with van der Waals surface area (Å²) in [6.07, 6.45) is 0.716. The molecule has 6 heteroatoms. The number of nitrogens with zero attached hydrogens (tertiary/aromatic N) is 2. The quantitative estimate of drug-likeness (QED) is 0.876. The van der Waals surface area contributed by atoms with Crippen molar-refractivity contribution in [1.29, 1.82) is 0 Å². The molecule has 1 aromatic heterocycles. The lowest BCUT2D eigenvalue weighted by Crippen LogP contribution is -2.16. The highest BCUT2D eigenvalue weighted by Crippen LogP contribution is 2.29. The Morgan fingerprint density at radius 1 is 1.32 bits per heavy atom. The number of benzene rings is 1. The van der Waals surface area contributed by atoms with E-state index in [-0.39, 0.29) is 5.82 Å². The minimum Gasteiger partial charge on any atom is -0.383 e. The van der Waals surface area contributed by atoms with Crippen molar-refractivity contribution in [2.24, 2.45) is 0 Å². The van der Waals surface area contributed by atoms with Crippen molar-refractivity contribution in [3.8, 4) is 11.4 Å². The molecule has 2 N–H and O–H groups in total. The molecule has 0 unspecified atom stereocenters. The predicted molar refractivity (Wildman–Crippen MR) is 72.9 cm³/mol. The van der Waals surface area contributed by atoms with E-state index in [9.17, 15) is 4.39 Å². The first-order chi connectivity index (χ1) is 9.15. The first-order valence-electron chi connectivity index (χ1n) is 5.83. The highest BCUT2D eigenvalue weighted by Gasteiger charge is 2.18. The van der Waals surface area contributed by atoms with Crippen LogP contribution < -0.4 is 5.73 Å². The van der Waals surface area contributed by atoms with Gasteiger partial charge in [0.05, 0.1) is 18.9 Å². The van der Waals surface area contributed by atoms with Gasteiger partial charge in [0.25, 0.3) is 0 Å². The van der Waals surface area contributed by atoms with Gasteiger partial charge < -0.3 is 10.5 Å². The van der Waals surface area contributed by atoms with Crippen LogP contribution in [0.15, 0.2) is 22.7 Å². The number of hydrogen-bond donors (Lipinski definition) is 1. The van der Waals surface area contributed by atoms with E-state index in [1.165, 1.54) is 12.1 Å². The molecule has 2 heterocycles. The molecule has 1 aromatic carbocycles. The molecule has 3 rings (SSSR count). The standard InChI is InChI=1S/C13H11BrFN3O/c14-10-5-7(15)1-2-8(10)13-17-11-3-4-19-6-9(11)12(16)18-13/h1-2,5H,3-4,6H2,(H2,16,17,18). The Balaban J connectivity index is 2.13. The largest absolute Gasteiger partial charge is 0.383 e. The van der Waals surface area contributed by atoms with E-state index < -0.39 is 0 Å². The van der Waals surface area contributed by atoms with Crippen molar-refractivity contribution in [2.45, 2.75) is 13.0 Å². The second kappa shape index (κ2) is 4.86. The molecular weight excluding hydrogens is 313 g/mol. The van der Waals surface area contributed by atoms with Crippen molar-refractivity contribution in [1.82, 2.24) is 9.97 Å². The van der Waals surface area contributed by atoms with Gasteiger partial charge in [0.1, 0.15) is 11.6 Å². The predicted octanol–water partition coefficient (Wildman–Crippen LogP) is 2.70. The third-order valence-corrected chi connectivity index (χ3v) is 3.68. The summed E-state index contributed by atoms with van der Waals surface area (Å²) in [6, 6.07) is 4.40. The second-order valence-corrected chi connectivity index (χ2v) is 5.14. The van der Waals surface area contributed by atoms with Crippen LogP contribution in [0.5, 0.6) is 0 Å². The third-order valence-electron chi connectivity index (χ3n) is 3.03. The molecule has 0 amide bonds. The molecule has 4 nitrogen and oxygen atoms in total. The Morgan fingerprint density at radius 3 is 2.95 bits per heavy atom. The lowest BCUT2D eigenvalue weighted by atomic mass is 10.1. The molecule has 0 saturated heterocycles. The maximum absolute atomic E-state index is 13.1. The Kier molecular flexibility index (Phi) is 3.20. The lowest BCUT2D eigenvalue weighted by Gasteiger charge is -2.18. The highest BCUT2D eigenvalue weighted by atomic mass is 79.9. The summed E-state index contributed by atoms with van der Waals surface area (Å²) in [5.41, 5.74) is 8.43. The Labute approximate surface area is 118 Å². The number of ether oxygens (including phenoxy) is 1. The number of anilines is 1. The van der Waals surface area contributed by atoms with E-state index in [1.54, 1.807) is 6.07 Å². The average Bonchev–Trinajstić information content (AvgIpc) is 2.38. The normalized spacial score (nSPS) is 14.2. The molecular formula is C13H11BrFN3O. The summed E-state index contributed by atoms with van der Waals surface area (Å²) in [4.78, 5) is 8.79. The van der Waals surface area contributed by atoms with Gasteiger partial charge in [-0.2, -0.15) is 0 Å². The zero-order valence-corrected chi connectivity index (χ0v) is 11.6. The van der Waals surface area contributed by atoms with E-state index in [0.29, 0.717) is 35.7 Å². The number of rotatable bonds is 1. The van der Waals surface area contributed by atoms with E-state index in [2.05, 4.69) is 25.9 Å². The Morgan fingerprint density at radius 2 is 2.16 bits per heavy atom. The summed E-state index contributed by atoms with van der Waals surface area (Å²) >= 11 is 3.32. The number of hydrogen-bond acceptors (Lipinski definition) is 4. The Hall–Kier alpha value is -1.53. The topological polar surface area (TPSA) is 61.0 Å². The third kappa shape index (κ3) is 2.33. The molecule has 0 spiro atoms. The van der Waals surface area contributed by atoms with E-state index >= 15 is 0 Å². The maximum atomic E-state index is 13.1. The van der Waals surface area contributed by atoms with Crippen molar-refractivity contribution in [3.05, 3.63) is 39.7 Å². The van der Waals surface area contributed by atoms with E-state index in [0.717, 1.165) is 16.8 Å². The van der Waals surface area contributed by atoms with Gasteiger partial charge in [0.2, 0.25) is 0 Å². The van der Waals surface area contributed by atoms with Crippen molar-refractivity contribution >= 4 is 21.7 Å². The van der Waals surface area contributed by atoms with E-state index in [1.807, 2.05) is 0 Å². The zero-order chi connectivity index (χ0) is 13.4. The van der Waals surface area contributed by atoms with Crippen molar-refractivity contribution in [3.63, 3.8) is 0 Å². The van der Waals surface area contributed by atoms with Crippen molar-refractivity contribution in [2.75, 3.05) is 12.3 Å². The van der Waals surface area contributed by atoms with Gasteiger partial charge in [0, 0.05) is 22.0 Å². The monoisotopic (exact) mass is 323 g/mol. The first kappa shape index (κ1) is 12.5. The van der Waals surface area contributed by atoms with Gasteiger partial charge in [-0.1, -0.05) is 0 Å². The summed E-state index contributed by atoms with van der Waals surface area (Å²) < 4.78 is 19.1. The van der Waals surface area contributed by atoms with Crippen LogP contribution in [0.2, 0.25) is 0 Å². The van der Waals surface area contributed by atoms with Crippen LogP contribution in [-0.2, 0) is 17.8 Å². The fourth-order valence-corrected chi connectivity index (χ4v) is 2.58. The molecule has 0 saturated carbocycles. The molecule has 19 heavy (non-hydrogen) atoms. The Bertz CT molecular complexity index is 648. The zero-order valence-electron chi connectivity index (χ0n) is 9.99.